The van der Waals surface area contributed by atoms with Crippen LogP contribution in [0.5, 0.6) is 0 Å². The van der Waals surface area contributed by atoms with Crippen molar-refractivity contribution < 1.29 is 9.32 Å². The summed E-state index contributed by atoms with van der Waals surface area (Å²) in [6.07, 6.45) is 0. The lowest BCUT2D eigenvalue weighted by Crippen LogP contribution is -2.06. The largest absolute Gasteiger partial charge is 0.360 e. The van der Waals surface area contributed by atoms with Crippen molar-refractivity contribution in [1.82, 2.24) is 9.72 Å². The molecule has 0 atom stereocenters. The van der Waals surface area contributed by atoms with E-state index in [0.717, 1.165) is 34.3 Å². The third-order valence-electron chi connectivity index (χ3n) is 3.92. The van der Waals surface area contributed by atoms with Crippen LogP contribution in [-0.2, 0) is 5.75 Å². The van der Waals surface area contributed by atoms with Gasteiger partial charge in [-0.25, -0.2) is 0 Å². The Morgan fingerprint density at radius 2 is 1.92 bits per heavy atom. The summed E-state index contributed by atoms with van der Waals surface area (Å²) in [7, 11) is 0. The van der Waals surface area contributed by atoms with Gasteiger partial charge in [0.2, 0.25) is 0 Å². The number of nitrogens with zero attached hydrogens (tertiary/aromatic N) is 2. The maximum atomic E-state index is 12.6. The maximum Gasteiger partial charge on any atom is 0.180 e. The number of aromatic nitrogens is 2. The van der Waals surface area contributed by atoms with Gasteiger partial charge in [0.05, 0.1) is 5.75 Å². The molecule has 0 amide bonds. The van der Waals surface area contributed by atoms with E-state index in [1.807, 2.05) is 55.7 Å². The molecule has 5 heteroatoms. The lowest BCUT2D eigenvalue weighted by Gasteiger charge is -2.05. The molecule has 0 aliphatic carbocycles. The number of rotatable bonds is 6. The van der Waals surface area contributed by atoms with Crippen LogP contribution in [0, 0.1) is 20.8 Å². The van der Waals surface area contributed by atoms with Crippen molar-refractivity contribution in [1.29, 1.82) is 0 Å². The number of benzene rings is 1. The van der Waals surface area contributed by atoms with Crippen LogP contribution in [0.3, 0.4) is 0 Å². The summed E-state index contributed by atoms with van der Waals surface area (Å²) in [4.78, 5) is 12.6. The standard InChI is InChI=1S/C19H20N2O2S/c1-13-9-17(15(3)21(13)19-10-14(2)23-20-19)18(22)12-24-11-16-7-5-4-6-8-16/h4-10H,11-12H2,1-3H3. The van der Waals surface area contributed by atoms with Crippen molar-refractivity contribution in [2.24, 2.45) is 0 Å². The molecule has 3 rings (SSSR count). The average molecular weight is 340 g/mol. The average Bonchev–Trinajstić information content (AvgIpc) is 3.11. The molecular weight excluding hydrogens is 320 g/mol. The fourth-order valence-electron chi connectivity index (χ4n) is 2.77. The highest BCUT2D eigenvalue weighted by Crippen LogP contribution is 2.23. The van der Waals surface area contributed by atoms with Gasteiger partial charge in [-0.15, -0.1) is 11.8 Å². The molecule has 0 aliphatic rings. The van der Waals surface area contributed by atoms with Gasteiger partial charge in [-0.3, -0.25) is 9.36 Å². The van der Waals surface area contributed by atoms with Gasteiger partial charge >= 0.3 is 0 Å². The SMILES string of the molecule is Cc1cc(-n2c(C)cc(C(=O)CSCc3ccccc3)c2C)no1. The summed E-state index contributed by atoms with van der Waals surface area (Å²) in [5, 5.41) is 4.05. The van der Waals surface area contributed by atoms with Crippen LogP contribution in [0.15, 0.2) is 47.0 Å². The molecule has 1 aromatic carbocycles. The summed E-state index contributed by atoms with van der Waals surface area (Å²) in [6, 6.07) is 14.0. The maximum absolute atomic E-state index is 12.6. The monoisotopic (exact) mass is 340 g/mol. The minimum absolute atomic E-state index is 0.149. The van der Waals surface area contributed by atoms with Gasteiger partial charge in [-0.05, 0) is 32.4 Å². The predicted octanol–water partition coefficient (Wildman–Crippen LogP) is 4.51. The number of ketones is 1. The third kappa shape index (κ3) is 3.46. The number of carbonyl (C=O) groups is 1. The lowest BCUT2D eigenvalue weighted by atomic mass is 10.2. The molecule has 124 valence electrons. The van der Waals surface area contributed by atoms with Crippen molar-refractivity contribution in [3.63, 3.8) is 0 Å². The Morgan fingerprint density at radius 1 is 1.17 bits per heavy atom. The van der Waals surface area contributed by atoms with Crippen LogP contribution in [0.4, 0.5) is 0 Å². The fraction of sp³-hybridized carbons (Fsp3) is 0.263. The summed E-state index contributed by atoms with van der Waals surface area (Å²) in [6.45, 7) is 5.79. The first kappa shape index (κ1) is 16.6. The van der Waals surface area contributed by atoms with Crippen LogP contribution in [0.2, 0.25) is 0 Å². The fourth-order valence-corrected chi connectivity index (χ4v) is 3.64. The van der Waals surface area contributed by atoms with Gasteiger partial charge in [0, 0.05) is 28.8 Å². The van der Waals surface area contributed by atoms with Crippen LogP contribution in [0.1, 0.15) is 33.1 Å². The summed E-state index contributed by atoms with van der Waals surface area (Å²) >= 11 is 1.64. The Labute approximate surface area is 145 Å². The van der Waals surface area contributed by atoms with Crippen molar-refractivity contribution in [3.05, 3.63) is 70.7 Å². The molecule has 0 saturated carbocycles. The molecule has 0 N–H and O–H groups in total. The molecule has 24 heavy (non-hydrogen) atoms. The smallest absolute Gasteiger partial charge is 0.180 e. The van der Waals surface area contributed by atoms with E-state index in [0.29, 0.717) is 5.75 Å². The Kier molecular flexibility index (Phi) is 4.90. The second kappa shape index (κ2) is 7.09. The highest BCUT2D eigenvalue weighted by atomic mass is 32.2. The van der Waals surface area contributed by atoms with E-state index in [4.69, 9.17) is 4.52 Å². The number of carbonyl (C=O) groups excluding carboxylic acids is 1. The number of thioether (sulfide) groups is 1. The predicted molar refractivity (Wildman–Crippen MR) is 97.0 cm³/mol. The van der Waals surface area contributed by atoms with Gasteiger partial charge in [-0.2, -0.15) is 0 Å². The molecular formula is C19H20N2O2S. The first-order valence-electron chi connectivity index (χ1n) is 7.84. The van der Waals surface area contributed by atoms with E-state index in [9.17, 15) is 4.79 Å². The molecule has 2 aromatic heterocycles. The molecule has 4 nitrogen and oxygen atoms in total. The number of aryl methyl sites for hydroxylation is 2. The highest BCUT2D eigenvalue weighted by molar-refractivity contribution is 7.99. The molecule has 3 aromatic rings. The van der Waals surface area contributed by atoms with Crippen molar-refractivity contribution >= 4 is 17.5 Å². The van der Waals surface area contributed by atoms with Crippen LogP contribution >= 0.6 is 11.8 Å². The third-order valence-corrected chi connectivity index (χ3v) is 4.92. The van der Waals surface area contributed by atoms with Crippen LogP contribution < -0.4 is 0 Å². The van der Waals surface area contributed by atoms with E-state index in [-0.39, 0.29) is 5.78 Å². The second-order valence-corrected chi connectivity index (χ2v) is 6.80. The number of hydrogen-bond donors (Lipinski definition) is 0. The highest BCUT2D eigenvalue weighted by Gasteiger charge is 2.18. The second-order valence-electron chi connectivity index (χ2n) is 5.82. The number of Topliss-reactive ketones (excluding diaryl/α,β-unsaturated/α-hetero) is 1. The van der Waals surface area contributed by atoms with Crippen molar-refractivity contribution in [2.75, 3.05) is 5.75 Å². The van der Waals surface area contributed by atoms with E-state index in [1.165, 1.54) is 5.56 Å². The minimum Gasteiger partial charge on any atom is -0.360 e. The van der Waals surface area contributed by atoms with E-state index >= 15 is 0 Å². The summed E-state index contributed by atoms with van der Waals surface area (Å²) in [5.41, 5.74) is 3.89. The minimum atomic E-state index is 0.149. The van der Waals surface area contributed by atoms with Gasteiger partial charge in [-0.1, -0.05) is 35.5 Å². The van der Waals surface area contributed by atoms with Crippen LogP contribution in [-0.4, -0.2) is 21.3 Å². The molecule has 2 heterocycles. The zero-order chi connectivity index (χ0) is 17.1. The van der Waals surface area contributed by atoms with Gasteiger partial charge in [0.25, 0.3) is 0 Å². The molecule has 0 radical (unpaired) electrons. The first-order valence-corrected chi connectivity index (χ1v) is 8.99. The van der Waals surface area contributed by atoms with E-state index in [2.05, 4.69) is 17.3 Å². The lowest BCUT2D eigenvalue weighted by molar-refractivity contribution is 0.102. The Morgan fingerprint density at radius 3 is 2.58 bits per heavy atom. The Bertz CT molecular complexity index is 850. The first-order chi connectivity index (χ1) is 11.6. The van der Waals surface area contributed by atoms with Gasteiger partial charge < -0.3 is 4.52 Å². The molecule has 0 spiro atoms. The summed E-state index contributed by atoms with van der Waals surface area (Å²) in [5.74, 6) is 2.93. The zero-order valence-corrected chi connectivity index (χ0v) is 14.9. The summed E-state index contributed by atoms with van der Waals surface area (Å²) < 4.78 is 7.12. The van der Waals surface area contributed by atoms with Crippen LogP contribution in [0.25, 0.3) is 5.82 Å². The van der Waals surface area contributed by atoms with Gasteiger partial charge in [0.1, 0.15) is 5.76 Å². The van der Waals surface area contributed by atoms with Crippen molar-refractivity contribution in [3.8, 4) is 5.82 Å². The van der Waals surface area contributed by atoms with Crippen molar-refractivity contribution in [2.45, 2.75) is 26.5 Å². The quantitative estimate of drug-likeness (QED) is 0.620. The molecule has 0 bridgehead atoms. The van der Waals surface area contributed by atoms with Gasteiger partial charge in [0.15, 0.2) is 11.6 Å². The molecule has 0 fully saturated rings. The molecule has 0 unspecified atom stereocenters. The number of hydrogen-bond acceptors (Lipinski definition) is 4. The normalized spacial score (nSPS) is 11.0. The Balaban J connectivity index is 1.71. The Hall–Kier alpha value is -2.27. The van der Waals surface area contributed by atoms with E-state index < -0.39 is 0 Å². The zero-order valence-electron chi connectivity index (χ0n) is 14.1. The molecule has 0 saturated heterocycles. The molecule has 0 aliphatic heterocycles. The topological polar surface area (TPSA) is 48.0 Å². The van der Waals surface area contributed by atoms with E-state index in [1.54, 1.807) is 11.8 Å².